The van der Waals surface area contributed by atoms with Gasteiger partial charge in [-0.15, -0.1) is 0 Å². The number of amides is 18. The SMILES string of the molecule is CC(C)C[C@H](NC(=O)[C@H](CCCCN)NC(=O)[C@H](CC(C)C)NC(=O)[C@H](CC(C)C)NC(=O)[C@H](CCCCN)NC(=O)[C@H](CCCCN)NC(=O)[C@H](CC(C)C)NC(=O)[C@H](CC(C)C)NC(=O)[C@H](CCCCN)NC(=O)[C@H](CC(C)C)NC(=O)[C@H](CC(C)C)NC(=O)[C@H](CCC(N)=O)NC(=O)[C@H](CCCCN)NC(=O)[C@@H](N)CC(C)C)C(=O)N[C@@H](CCCCN)C(=O)NCC(=O)NCCCCCC(=O)NN. The number of primary amides is 1. The second kappa shape index (κ2) is 75.0. The number of nitrogens with one attached hydrogen (secondary N) is 17. The summed E-state index contributed by atoms with van der Waals surface area (Å²) in [4.78, 5) is 255. The average Bonchev–Trinajstić information content (AvgIpc) is 0.854. The summed E-state index contributed by atoms with van der Waals surface area (Å²) in [6.45, 7) is 30.5. The number of unbranched alkanes of at least 4 members (excludes halogenated alkanes) is 8. The highest BCUT2D eigenvalue weighted by Crippen LogP contribution is 2.20. The van der Waals surface area contributed by atoms with E-state index in [4.69, 9.17) is 51.7 Å². The molecule has 0 aliphatic carbocycles. The summed E-state index contributed by atoms with van der Waals surface area (Å²) in [5.74, 6) is -9.53. The number of nitrogens with two attached hydrogens (primary N) is 9. The van der Waals surface area contributed by atoms with Crippen molar-refractivity contribution < 1.29 is 86.3 Å². The van der Waals surface area contributed by atoms with E-state index >= 15 is 0 Å². The molecule has 0 saturated heterocycles. The van der Waals surface area contributed by atoms with Gasteiger partial charge in [-0.05, 0) is 273 Å². The molecule has 0 unspecified atom stereocenters. The molecule has 0 bridgehead atoms. The maximum atomic E-state index is 15.0. The summed E-state index contributed by atoms with van der Waals surface area (Å²) in [6.07, 6.45) is 7.05. The Morgan fingerprint density at radius 3 is 0.610 bits per heavy atom. The quantitative estimate of drug-likeness (QED) is 0.0155. The van der Waals surface area contributed by atoms with Gasteiger partial charge in [0, 0.05) is 19.4 Å². The lowest BCUT2D eigenvalue weighted by Crippen LogP contribution is -2.61. The Morgan fingerprint density at radius 2 is 0.404 bits per heavy atom. The minimum Gasteiger partial charge on any atom is -0.370 e. The van der Waals surface area contributed by atoms with E-state index in [9.17, 15) is 86.3 Å². The largest absolute Gasteiger partial charge is 0.370 e. The molecule has 812 valence electrons. The fraction of sp³-hybridized carbons (Fsp3) is 0.814. The van der Waals surface area contributed by atoms with Gasteiger partial charge in [0.1, 0.15) is 84.6 Å². The molecule has 0 aromatic heterocycles. The number of hydrazine groups is 1. The molecule has 0 aromatic carbocycles. The zero-order valence-electron chi connectivity index (χ0n) is 87.6. The van der Waals surface area contributed by atoms with Crippen molar-refractivity contribution in [1.29, 1.82) is 0 Å². The van der Waals surface area contributed by atoms with E-state index < -0.39 is 198 Å². The second-order valence-corrected chi connectivity index (χ2v) is 40.7. The summed E-state index contributed by atoms with van der Waals surface area (Å²) in [7, 11) is 0. The normalized spacial score (nSPS) is 14.7. The topological polar surface area (TPSA) is 746 Å². The molecule has 35 N–H and O–H groups in total. The van der Waals surface area contributed by atoms with Crippen LogP contribution in [0, 0.1) is 47.3 Å². The van der Waals surface area contributed by atoms with Crippen molar-refractivity contribution >= 4 is 106 Å². The summed E-state index contributed by atoms with van der Waals surface area (Å²) in [5.41, 5.74) is 49.1. The van der Waals surface area contributed by atoms with Crippen LogP contribution in [0.5, 0.6) is 0 Å². The predicted molar refractivity (Wildman–Crippen MR) is 543 cm³/mol. The first-order valence-electron chi connectivity index (χ1n) is 51.6. The van der Waals surface area contributed by atoms with Crippen LogP contribution >= 0.6 is 0 Å². The first-order chi connectivity index (χ1) is 66.5. The Hall–Kier alpha value is -9.86. The summed E-state index contributed by atoms with van der Waals surface area (Å²) in [5, 5.41) is 44.3. The minimum atomic E-state index is -1.45. The van der Waals surface area contributed by atoms with Crippen LogP contribution < -0.4 is 142 Å². The van der Waals surface area contributed by atoms with E-state index in [-0.39, 0.29) is 189 Å². The molecule has 0 radical (unpaired) electrons. The van der Waals surface area contributed by atoms with Gasteiger partial charge in [0.15, 0.2) is 0 Å². The maximum Gasteiger partial charge on any atom is 0.243 e. The molecule has 0 rings (SSSR count). The molecule has 0 aliphatic heterocycles. The molecule has 0 aromatic rings. The van der Waals surface area contributed by atoms with Crippen LogP contribution in [0.15, 0.2) is 0 Å². The fourth-order valence-electron chi connectivity index (χ4n) is 15.7. The van der Waals surface area contributed by atoms with Crippen molar-refractivity contribution in [2.24, 2.45) is 99.1 Å². The van der Waals surface area contributed by atoms with Crippen LogP contribution in [0.3, 0.4) is 0 Å². The predicted octanol–water partition coefficient (Wildman–Crippen LogP) is -0.708. The highest BCUT2D eigenvalue weighted by Gasteiger charge is 2.40. The zero-order valence-corrected chi connectivity index (χ0v) is 87.6. The molecule has 15 atom stereocenters. The highest BCUT2D eigenvalue weighted by atomic mass is 16.2. The lowest BCUT2D eigenvalue weighted by atomic mass is 9.98. The Labute approximate surface area is 837 Å². The van der Waals surface area contributed by atoms with Crippen molar-refractivity contribution in [2.45, 2.75) is 407 Å². The number of rotatable bonds is 80. The van der Waals surface area contributed by atoms with E-state index in [1.54, 1.807) is 41.5 Å². The van der Waals surface area contributed by atoms with Crippen LogP contribution in [0.1, 0.15) is 316 Å². The van der Waals surface area contributed by atoms with E-state index in [2.05, 4.69) is 90.5 Å². The first kappa shape index (κ1) is 131. The van der Waals surface area contributed by atoms with Gasteiger partial charge >= 0.3 is 0 Å². The lowest BCUT2D eigenvalue weighted by molar-refractivity contribution is -0.137. The third-order valence-electron chi connectivity index (χ3n) is 23.2. The molecule has 0 spiro atoms. The lowest BCUT2D eigenvalue weighted by Gasteiger charge is -2.30. The van der Waals surface area contributed by atoms with Crippen molar-refractivity contribution in [3.8, 4) is 0 Å². The molecule has 44 heteroatoms. The average molecular weight is 2000 g/mol. The zero-order chi connectivity index (χ0) is 107. The smallest absolute Gasteiger partial charge is 0.243 e. The van der Waals surface area contributed by atoms with Crippen LogP contribution in [-0.4, -0.2) is 249 Å². The minimum absolute atomic E-state index is 0.00207. The van der Waals surface area contributed by atoms with E-state index in [1.807, 2.05) is 69.2 Å². The second-order valence-electron chi connectivity index (χ2n) is 40.7. The third-order valence-corrected chi connectivity index (χ3v) is 23.2. The van der Waals surface area contributed by atoms with Gasteiger partial charge in [-0.25, -0.2) is 5.84 Å². The number of carbonyl (C=O) groups is 18. The summed E-state index contributed by atoms with van der Waals surface area (Å²) >= 11 is 0. The molecule has 0 saturated carbocycles. The van der Waals surface area contributed by atoms with Crippen molar-refractivity contribution in [1.82, 2.24) is 90.5 Å². The van der Waals surface area contributed by atoms with Crippen molar-refractivity contribution in [3.05, 3.63) is 0 Å². The van der Waals surface area contributed by atoms with Crippen LogP contribution in [0.2, 0.25) is 0 Å². The van der Waals surface area contributed by atoms with E-state index in [0.717, 1.165) is 0 Å². The van der Waals surface area contributed by atoms with Gasteiger partial charge in [-0.3, -0.25) is 91.7 Å². The Bertz CT molecular complexity index is 3760. The summed E-state index contributed by atoms with van der Waals surface area (Å²) < 4.78 is 0. The monoisotopic (exact) mass is 2000 g/mol. The van der Waals surface area contributed by atoms with Crippen molar-refractivity contribution in [2.75, 3.05) is 52.4 Å². The van der Waals surface area contributed by atoms with Crippen LogP contribution in [0.4, 0.5) is 0 Å². The van der Waals surface area contributed by atoms with Gasteiger partial charge < -0.3 is 131 Å². The molecular formula is C97H186N26O18. The molecule has 18 amide bonds. The third kappa shape index (κ3) is 59.7. The van der Waals surface area contributed by atoms with E-state index in [1.165, 1.54) is 0 Å². The first-order valence-corrected chi connectivity index (χ1v) is 51.6. The Kier molecular flexibility index (Phi) is 69.7. The Morgan fingerprint density at radius 1 is 0.206 bits per heavy atom. The van der Waals surface area contributed by atoms with Gasteiger partial charge in [0.05, 0.1) is 12.6 Å². The van der Waals surface area contributed by atoms with Crippen LogP contribution in [-0.2, 0) is 86.3 Å². The number of hydrogen-bond donors (Lipinski definition) is 26. The fourth-order valence-corrected chi connectivity index (χ4v) is 15.7. The molecule has 0 fully saturated rings. The van der Waals surface area contributed by atoms with Gasteiger partial charge in [-0.2, -0.15) is 0 Å². The number of hydrogen-bond acceptors (Lipinski definition) is 26. The molecule has 44 nitrogen and oxygen atoms in total. The van der Waals surface area contributed by atoms with Gasteiger partial charge in [0.25, 0.3) is 0 Å². The van der Waals surface area contributed by atoms with Crippen molar-refractivity contribution in [3.63, 3.8) is 0 Å². The molecule has 0 heterocycles. The summed E-state index contributed by atoms with van der Waals surface area (Å²) in [6, 6.07) is -19.3. The highest BCUT2D eigenvalue weighted by molar-refractivity contribution is 6.01. The maximum absolute atomic E-state index is 15.0. The van der Waals surface area contributed by atoms with Gasteiger partial charge in [0.2, 0.25) is 106 Å². The number of carbonyl (C=O) groups excluding carboxylic acids is 18. The van der Waals surface area contributed by atoms with Gasteiger partial charge in [-0.1, -0.05) is 117 Å². The molecule has 141 heavy (non-hydrogen) atoms. The standard InChI is InChI=1S/C97H186N26O18/c1-57(2)48-65(104)83(127)109-67(33-20-26-42-99)85(129)115-72(39-40-80(105)124)90(134)119-79(55-64(15)16)97(141)122-76(52-61(9)10)94(138)114-71(37-24-30-46-103)89(133)118-78(54-63(13)14)96(140)120-74(50-59(5)6)92(136)112-68(34-21-27-43-100)86(130)111-69(35-22-28-44-101)87(131)117-77(53-62(11)12)95(139)121-75(51-60(7)8)93(137)113-70(36-23-29-45-102)88(132)116-73(49-58(3)4)91(135)110-66(32-19-25-41-98)84(128)108-56-82(126)107-47-31-17-18-38-81(125)123-106/h57-79H,17-56,98-104,106H2,1-16H3,(H2,105,124)(H,107,126)(H,108,128)(H,109,127)(H,110,135)(H,111,130)(H,112,136)(H,113,137)(H,114,138)(H,115,129)(H,116,132)(H,117,131)(H,118,133)(H,119,134)(H,120,140)(H,121,139)(H,122,141)(H,123,125)/t65-,66-,67-,68-,69-,70-,71-,72-,73-,74-,75-,76-,77-,78-,79-/m0/s1. The molecule has 0 aliphatic rings. The van der Waals surface area contributed by atoms with Crippen LogP contribution in [0.25, 0.3) is 0 Å². The Balaban J connectivity index is 7.44. The van der Waals surface area contributed by atoms with E-state index in [0.29, 0.717) is 116 Å². The molecular weight excluding hydrogens is 1820 g/mol.